The first kappa shape index (κ1) is 15.1. The molecule has 0 saturated carbocycles. The Morgan fingerprint density at radius 1 is 1.26 bits per heavy atom. The van der Waals surface area contributed by atoms with E-state index in [1.165, 1.54) is 20.1 Å². The van der Waals surface area contributed by atoms with Crippen molar-refractivity contribution in [1.82, 2.24) is 0 Å². The number of ether oxygens (including phenoxy) is 2. The minimum Gasteiger partial charge on any atom is -0.496 e. The first-order valence-electron chi connectivity index (χ1n) is 5.63. The Hall–Kier alpha value is -1.98. The number of Topliss-reactive ketones (excluding diaryl/α,β-unsaturated/α-hetero) is 1. The predicted octanol–water partition coefficient (Wildman–Crippen LogP) is 2.01. The van der Waals surface area contributed by atoms with Gasteiger partial charge in [-0.15, -0.1) is 0 Å². The number of hydrogen-bond donors (Lipinski definition) is 0. The van der Waals surface area contributed by atoms with Crippen molar-refractivity contribution in [3.8, 4) is 5.75 Å². The van der Waals surface area contributed by atoms with E-state index in [1.54, 1.807) is 18.2 Å². The van der Waals surface area contributed by atoms with Gasteiger partial charge in [-0.05, 0) is 13.0 Å². The minimum absolute atomic E-state index is 0.212. The quantitative estimate of drug-likeness (QED) is 0.587. The van der Waals surface area contributed by atoms with Crippen LogP contribution in [0.25, 0.3) is 0 Å². The number of carbonyl (C=O) groups excluding carboxylic acids is 2. The second-order valence-corrected chi connectivity index (χ2v) is 3.71. The van der Waals surface area contributed by atoms with Crippen LogP contribution in [0.1, 0.15) is 12.5 Å². The summed E-state index contributed by atoms with van der Waals surface area (Å²) in [5.74, 6) is -7.17. The van der Waals surface area contributed by atoms with E-state index in [2.05, 4.69) is 4.74 Å². The summed E-state index contributed by atoms with van der Waals surface area (Å²) in [7, 11) is 1.37. The summed E-state index contributed by atoms with van der Waals surface area (Å²) in [6.07, 6.45) is -0.601. The van der Waals surface area contributed by atoms with Gasteiger partial charge in [-0.2, -0.15) is 8.78 Å². The smallest absolute Gasteiger partial charge is 0.400 e. The molecule has 0 aliphatic heterocycles. The fourth-order valence-corrected chi connectivity index (χ4v) is 1.47. The number of halogens is 2. The second-order valence-electron chi connectivity index (χ2n) is 3.71. The maximum atomic E-state index is 13.5. The molecule has 0 aliphatic rings. The zero-order valence-corrected chi connectivity index (χ0v) is 10.6. The van der Waals surface area contributed by atoms with Gasteiger partial charge in [0.05, 0.1) is 13.7 Å². The van der Waals surface area contributed by atoms with E-state index in [-0.39, 0.29) is 6.61 Å². The van der Waals surface area contributed by atoms with Crippen molar-refractivity contribution >= 4 is 11.8 Å². The van der Waals surface area contributed by atoms with Crippen molar-refractivity contribution in [2.45, 2.75) is 19.3 Å². The van der Waals surface area contributed by atoms with E-state index in [0.717, 1.165) is 0 Å². The lowest BCUT2D eigenvalue weighted by Crippen LogP contribution is -2.40. The Morgan fingerprint density at radius 2 is 1.89 bits per heavy atom. The molecule has 0 N–H and O–H groups in total. The highest BCUT2D eigenvalue weighted by Crippen LogP contribution is 2.24. The molecule has 4 nitrogen and oxygen atoms in total. The van der Waals surface area contributed by atoms with E-state index in [9.17, 15) is 18.4 Å². The summed E-state index contributed by atoms with van der Waals surface area (Å²) in [5, 5.41) is 0. The van der Waals surface area contributed by atoms with Gasteiger partial charge in [-0.25, -0.2) is 4.79 Å². The number of para-hydroxylation sites is 1. The fraction of sp³-hybridized carbons (Fsp3) is 0.385. The molecule has 1 rings (SSSR count). The van der Waals surface area contributed by atoms with Gasteiger partial charge < -0.3 is 9.47 Å². The van der Waals surface area contributed by atoms with Crippen LogP contribution < -0.4 is 4.74 Å². The molecule has 104 valence electrons. The molecule has 19 heavy (non-hydrogen) atoms. The average Bonchev–Trinajstić information content (AvgIpc) is 2.39. The van der Waals surface area contributed by atoms with Crippen molar-refractivity contribution in [2.24, 2.45) is 0 Å². The molecule has 0 saturated heterocycles. The molecular weight excluding hydrogens is 258 g/mol. The van der Waals surface area contributed by atoms with Gasteiger partial charge in [0.25, 0.3) is 0 Å². The number of esters is 1. The molecule has 0 aromatic heterocycles. The van der Waals surface area contributed by atoms with Crippen molar-refractivity contribution in [3.05, 3.63) is 29.8 Å². The van der Waals surface area contributed by atoms with Gasteiger partial charge in [0, 0.05) is 12.0 Å². The third-order valence-corrected chi connectivity index (χ3v) is 2.43. The number of hydrogen-bond acceptors (Lipinski definition) is 4. The Bertz CT molecular complexity index is 471. The second kappa shape index (κ2) is 6.26. The summed E-state index contributed by atoms with van der Waals surface area (Å²) in [4.78, 5) is 22.5. The van der Waals surface area contributed by atoms with Crippen LogP contribution in [-0.2, 0) is 20.7 Å². The van der Waals surface area contributed by atoms with Gasteiger partial charge >= 0.3 is 11.9 Å². The molecule has 1 aromatic carbocycles. The SMILES string of the molecule is CCOC(=O)C(F)(F)C(=O)Cc1ccccc1OC. The molecule has 0 spiro atoms. The van der Waals surface area contributed by atoms with E-state index in [0.29, 0.717) is 11.3 Å². The predicted molar refractivity (Wildman–Crippen MR) is 63.3 cm³/mol. The van der Waals surface area contributed by atoms with Crippen LogP contribution in [0.3, 0.4) is 0 Å². The normalized spacial score (nSPS) is 10.9. The molecule has 0 fully saturated rings. The van der Waals surface area contributed by atoms with E-state index >= 15 is 0 Å². The molecule has 0 radical (unpaired) electrons. The zero-order valence-electron chi connectivity index (χ0n) is 10.6. The van der Waals surface area contributed by atoms with E-state index in [1.807, 2.05) is 0 Å². The van der Waals surface area contributed by atoms with Gasteiger partial charge in [-0.3, -0.25) is 4.79 Å². The molecule has 1 aromatic rings. The Morgan fingerprint density at radius 3 is 2.47 bits per heavy atom. The summed E-state index contributed by atoms with van der Waals surface area (Å²) in [6, 6.07) is 6.27. The van der Waals surface area contributed by atoms with Crippen molar-refractivity contribution in [3.63, 3.8) is 0 Å². The Kier molecular flexibility index (Phi) is 4.97. The molecule has 0 bridgehead atoms. The Labute approximate surface area is 109 Å². The average molecular weight is 272 g/mol. The van der Waals surface area contributed by atoms with Crippen LogP contribution in [-0.4, -0.2) is 31.4 Å². The van der Waals surface area contributed by atoms with Crippen LogP contribution >= 0.6 is 0 Å². The lowest BCUT2D eigenvalue weighted by molar-refractivity contribution is -0.176. The van der Waals surface area contributed by atoms with Crippen LogP contribution in [0.2, 0.25) is 0 Å². The van der Waals surface area contributed by atoms with E-state index in [4.69, 9.17) is 4.74 Å². The maximum Gasteiger partial charge on any atom is 0.400 e. The highest BCUT2D eigenvalue weighted by molar-refractivity contribution is 6.06. The minimum atomic E-state index is -4.14. The molecule has 0 atom stereocenters. The third-order valence-electron chi connectivity index (χ3n) is 2.43. The molecule has 0 aliphatic carbocycles. The van der Waals surface area contributed by atoms with Gasteiger partial charge in [0.2, 0.25) is 5.78 Å². The van der Waals surface area contributed by atoms with Crippen LogP contribution in [0.5, 0.6) is 5.75 Å². The van der Waals surface area contributed by atoms with Crippen molar-refractivity contribution in [1.29, 1.82) is 0 Å². The number of benzene rings is 1. The van der Waals surface area contributed by atoms with E-state index < -0.39 is 24.1 Å². The molecule has 0 unspecified atom stereocenters. The lowest BCUT2D eigenvalue weighted by atomic mass is 10.0. The monoisotopic (exact) mass is 272 g/mol. The van der Waals surface area contributed by atoms with Gasteiger partial charge in [0.1, 0.15) is 5.75 Å². The van der Waals surface area contributed by atoms with Crippen LogP contribution in [0.4, 0.5) is 8.78 Å². The summed E-state index contributed by atoms with van der Waals surface area (Å²) >= 11 is 0. The van der Waals surface area contributed by atoms with Crippen molar-refractivity contribution in [2.75, 3.05) is 13.7 Å². The Balaban J connectivity index is 2.87. The summed E-state index contributed by atoms with van der Waals surface area (Å²) in [6.45, 7) is 1.18. The molecule has 0 heterocycles. The number of carbonyl (C=O) groups is 2. The molecule has 6 heteroatoms. The van der Waals surface area contributed by atoms with Gasteiger partial charge in [-0.1, -0.05) is 18.2 Å². The van der Waals surface area contributed by atoms with Crippen LogP contribution in [0, 0.1) is 0 Å². The number of alkyl halides is 2. The maximum absolute atomic E-state index is 13.5. The highest BCUT2D eigenvalue weighted by atomic mass is 19.3. The first-order chi connectivity index (χ1) is 8.93. The fourth-order valence-electron chi connectivity index (χ4n) is 1.47. The van der Waals surface area contributed by atoms with Gasteiger partial charge in [0.15, 0.2) is 0 Å². The summed E-state index contributed by atoms with van der Waals surface area (Å²) < 4.78 is 36.0. The highest BCUT2D eigenvalue weighted by Gasteiger charge is 2.48. The third kappa shape index (κ3) is 3.49. The number of ketones is 1. The zero-order chi connectivity index (χ0) is 14.5. The molecular formula is C13H14F2O4. The number of methoxy groups -OCH3 is 1. The first-order valence-corrected chi connectivity index (χ1v) is 5.63. The topological polar surface area (TPSA) is 52.6 Å². The summed E-state index contributed by atoms with van der Waals surface area (Å²) in [5.41, 5.74) is 0.291. The van der Waals surface area contributed by atoms with Crippen molar-refractivity contribution < 1.29 is 27.8 Å². The lowest BCUT2D eigenvalue weighted by Gasteiger charge is -2.14. The largest absolute Gasteiger partial charge is 0.496 e. The molecule has 0 amide bonds. The standard InChI is InChI=1S/C13H14F2O4/c1-3-19-12(17)13(14,15)11(16)8-9-6-4-5-7-10(9)18-2/h4-7H,3,8H2,1-2H3. The number of rotatable bonds is 6. The van der Waals surface area contributed by atoms with Crippen LogP contribution in [0.15, 0.2) is 24.3 Å².